The topological polar surface area (TPSA) is 104 Å². The van der Waals surface area contributed by atoms with E-state index in [2.05, 4.69) is 31.1 Å². The summed E-state index contributed by atoms with van der Waals surface area (Å²) in [5, 5.41) is 13.8. The van der Waals surface area contributed by atoms with Crippen molar-refractivity contribution >= 4 is 23.5 Å². The van der Waals surface area contributed by atoms with Crippen molar-refractivity contribution in [2.45, 2.75) is 12.8 Å². The van der Waals surface area contributed by atoms with Crippen molar-refractivity contribution < 1.29 is 9.32 Å². The molecule has 1 amide bonds. The summed E-state index contributed by atoms with van der Waals surface area (Å²) in [7, 11) is 3.34. The average Bonchev–Trinajstić information content (AvgIpc) is 3.27. The number of carbonyl (C=O) groups is 1. The van der Waals surface area contributed by atoms with Gasteiger partial charge in [-0.2, -0.15) is 4.98 Å². The zero-order valence-electron chi connectivity index (χ0n) is 17.5. The first kappa shape index (κ1) is 22.3. The molecule has 31 heavy (non-hydrogen) atoms. The third-order valence-corrected chi connectivity index (χ3v) is 4.80. The Morgan fingerprint density at radius 1 is 1.10 bits per heavy atom. The van der Waals surface area contributed by atoms with Crippen LogP contribution in [0.25, 0.3) is 11.4 Å². The highest BCUT2D eigenvalue weighted by molar-refractivity contribution is 6.30. The Balaban J connectivity index is 1.43. The zero-order valence-corrected chi connectivity index (χ0v) is 18.2. The molecule has 0 aliphatic heterocycles. The predicted octanol–water partition coefficient (Wildman–Crippen LogP) is 2.70. The largest absolute Gasteiger partial charge is 0.356 e. The number of benzene rings is 2. The van der Waals surface area contributed by atoms with E-state index in [4.69, 9.17) is 16.1 Å². The molecule has 0 saturated heterocycles. The molecule has 0 aliphatic carbocycles. The van der Waals surface area contributed by atoms with Crippen molar-refractivity contribution in [2.75, 3.05) is 27.2 Å². The summed E-state index contributed by atoms with van der Waals surface area (Å²) in [4.78, 5) is 20.4. The van der Waals surface area contributed by atoms with Crippen LogP contribution >= 0.6 is 11.6 Å². The van der Waals surface area contributed by atoms with Gasteiger partial charge in [-0.1, -0.05) is 28.9 Å². The van der Waals surface area contributed by atoms with Crippen LogP contribution in [0.2, 0.25) is 5.02 Å². The van der Waals surface area contributed by atoms with E-state index in [1.54, 1.807) is 32.3 Å². The van der Waals surface area contributed by atoms with Crippen LogP contribution in [0.15, 0.2) is 58.0 Å². The number of rotatable bonds is 8. The number of amides is 1. The molecule has 9 heteroatoms. The fourth-order valence-electron chi connectivity index (χ4n) is 2.92. The van der Waals surface area contributed by atoms with E-state index >= 15 is 0 Å². The summed E-state index contributed by atoms with van der Waals surface area (Å²) < 4.78 is 5.32. The second-order valence-corrected chi connectivity index (χ2v) is 7.16. The average molecular weight is 441 g/mol. The molecule has 3 rings (SSSR count). The lowest BCUT2D eigenvalue weighted by Crippen LogP contribution is -2.39. The number of nitrogens with zero attached hydrogens (tertiary/aromatic N) is 3. The first-order valence-electron chi connectivity index (χ1n) is 9.93. The lowest BCUT2D eigenvalue weighted by atomic mass is 10.1. The van der Waals surface area contributed by atoms with Crippen molar-refractivity contribution in [1.82, 2.24) is 26.1 Å². The van der Waals surface area contributed by atoms with E-state index in [1.165, 1.54) is 0 Å². The Kier molecular flexibility index (Phi) is 8.00. The maximum Gasteiger partial charge on any atom is 0.251 e. The molecule has 1 aromatic heterocycles. The molecule has 0 aliphatic rings. The molecule has 0 bridgehead atoms. The molecule has 0 saturated carbocycles. The van der Waals surface area contributed by atoms with Crippen LogP contribution in [0.5, 0.6) is 0 Å². The normalized spacial score (nSPS) is 11.3. The minimum atomic E-state index is -0.0902. The highest BCUT2D eigenvalue weighted by atomic mass is 35.5. The summed E-state index contributed by atoms with van der Waals surface area (Å²) in [5.41, 5.74) is 2.58. The van der Waals surface area contributed by atoms with Gasteiger partial charge in [-0.05, 0) is 48.4 Å². The third kappa shape index (κ3) is 6.55. The summed E-state index contributed by atoms with van der Waals surface area (Å²) in [6.07, 6.45) is 1.33. The Morgan fingerprint density at radius 3 is 2.55 bits per heavy atom. The number of nitrogens with one attached hydrogen (secondary N) is 3. The fourth-order valence-corrected chi connectivity index (χ4v) is 3.04. The number of guanidine groups is 1. The summed E-state index contributed by atoms with van der Waals surface area (Å²) >= 11 is 5.91. The zero-order chi connectivity index (χ0) is 22.1. The van der Waals surface area contributed by atoms with Crippen LogP contribution in [0.3, 0.4) is 0 Å². The van der Waals surface area contributed by atoms with Crippen LogP contribution in [-0.4, -0.2) is 49.2 Å². The van der Waals surface area contributed by atoms with Gasteiger partial charge < -0.3 is 20.5 Å². The minimum absolute atomic E-state index is 0.0902. The number of aliphatic imine (C=N–C) groups is 1. The molecule has 0 atom stereocenters. The van der Waals surface area contributed by atoms with Crippen LogP contribution in [-0.2, 0) is 12.8 Å². The molecule has 162 valence electrons. The van der Waals surface area contributed by atoms with Crippen molar-refractivity contribution in [2.24, 2.45) is 4.99 Å². The van der Waals surface area contributed by atoms with Crippen molar-refractivity contribution in [3.05, 3.63) is 70.6 Å². The van der Waals surface area contributed by atoms with E-state index < -0.39 is 0 Å². The second-order valence-electron chi connectivity index (χ2n) is 6.72. The number of halogens is 1. The van der Waals surface area contributed by atoms with Crippen molar-refractivity contribution in [1.29, 1.82) is 0 Å². The molecule has 1 heterocycles. The highest BCUT2D eigenvalue weighted by Gasteiger charge is 2.09. The molecule has 0 spiro atoms. The van der Waals surface area contributed by atoms with Gasteiger partial charge in [0.25, 0.3) is 5.91 Å². The monoisotopic (exact) mass is 440 g/mol. The summed E-state index contributed by atoms with van der Waals surface area (Å²) in [5.74, 6) is 1.67. The predicted molar refractivity (Wildman–Crippen MR) is 121 cm³/mol. The maximum absolute atomic E-state index is 11.7. The molecule has 2 aromatic carbocycles. The molecule has 0 radical (unpaired) electrons. The van der Waals surface area contributed by atoms with Gasteiger partial charge in [0.2, 0.25) is 11.7 Å². The first-order chi connectivity index (χ1) is 15.1. The smallest absolute Gasteiger partial charge is 0.251 e. The molecule has 3 aromatic rings. The van der Waals surface area contributed by atoms with E-state index in [1.807, 2.05) is 30.3 Å². The van der Waals surface area contributed by atoms with Gasteiger partial charge >= 0.3 is 0 Å². The second kappa shape index (κ2) is 11.1. The highest BCUT2D eigenvalue weighted by Crippen LogP contribution is 2.18. The minimum Gasteiger partial charge on any atom is -0.356 e. The van der Waals surface area contributed by atoms with Gasteiger partial charge in [-0.3, -0.25) is 9.79 Å². The molecule has 0 unspecified atom stereocenters. The number of hydrogen-bond acceptors (Lipinski definition) is 5. The van der Waals surface area contributed by atoms with Crippen LogP contribution < -0.4 is 16.0 Å². The van der Waals surface area contributed by atoms with Gasteiger partial charge in [0.1, 0.15) is 0 Å². The number of aromatic nitrogens is 2. The molecule has 8 nitrogen and oxygen atoms in total. The molecular formula is C22H25ClN6O2. The van der Waals surface area contributed by atoms with Gasteiger partial charge in [0.15, 0.2) is 5.96 Å². The lowest BCUT2D eigenvalue weighted by molar-refractivity contribution is 0.0963. The standard InChI is InChI=1S/C22H25ClN6O2/c1-24-21(30)17-5-3-4-15(14-17)10-12-26-22(25-2)27-13-11-19-28-20(29-31-19)16-6-8-18(23)9-7-16/h3-9,14H,10-13H2,1-2H3,(H,24,30)(H2,25,26,27). The van der Waals surface area contributed by atoms with Gasteiger partial charge in [-0.25, -0.2) is 0 Å². The Bertz CT molecular complexity index is 1030. The lowest BCUT2D eigenvalue weighted by Gasteiger charge is -2.11. The van der Waals surface area contributed by atoms with Crippen molar-refractivity contribution in [3.63, 3.8) is 0 Å². The summed E-state index contributed by atoms with van der Waals surface area (Å²) in [6, 6.07) is 14.9. The van der Waals surface area contributed by atoms with E-state index in [0.717, 1.165) is 17.5 Å². The van der Waals surface area contributed by atoms with Crippen LogP contribution in [0.4, 0.5) is 0 Å². The van der Waals surface area contributed by atoms with Crippen molar-refractivity contribution in [3.8, 4) is 11.4 Å². The Labute approximate surface area is 186 Å². The Hall–Kier alpha value is -3.39. The summed E-state index contributed by atoms with van der Waals surface area (Å²) in [6.45, 7) is 1.27. The van der Waals surface area contributed by atoms with Gasteiger partial charge in [-0.15, -0.1) is 0 Å². The number of carbonyl (C=O) groups excluding carboxylic acids is 1. The third-order valence-electron chi connectivity index (χ3n) is 4.55. The van der Waals surface area contributed by atoms with E-state index in [0.29, 0.717) is 47.8 Å². The van der Waals surface area contributed by atoms with Gasteiger partial charge in [0, 0.05) is 49.8 Å². The van der Waals surface area contributed by atoms with Crippen LogP contribution in [0.1, 0.15) is 21.8 Å². The molecule has 3 N–H and O–H groups in total. The Morgan fingerprint density at radius 2 is 1.84 bits per heavy atom. The maximum atomic E-state index is 11.7. The quantitative estimate of drug-likeness (QED) is 0.367. The number of hydrogen-bond donors (Lipinski definition) is 3. The van der Waals surface area contributed by atoms with E-state index in [9.17, 15) is 4.79 Å². The SMILES string of the molecule is CN=C(NCCc1cccc(C(=O)NC)c1)NCCc1nc(-c2ccc(Cl)cc2)no1. The molecular weight excluding hydrogens is 416 g/mol. The van der Waals surface area contributed by atoms with Gasteiger partial charge in [0.05, 0.1) is 0 Å². The molecule has 0 fully saturated rings. The van der Waals surface area contributed by atoms with Crippen LogP contribution in [0, 0.1) is 0 Å². The van der Waals surface area contributed by atoms with E-state index in [-0.39, 0.29) is 5.91 Å². The first-order valence-corrected chi connectivity index (χ1v) is 10.3. The fraction of sp³-hybridized carbons (Fsp3) is 0.273.